The van der Waals surface area contributed by atoms with Gasteiger partial charge in [0.15, 0.2) is 0 Å². The summed E-state index contributed by atoms with van der Waals surface area (Å²) in [6, 6.07) is 7.19. The Hall–Kier alpha value is -1.98. The largest absolute Gasteiger partial charge is 0.324 e. The molecule has 1 fully saturated rings. The van der Waals surface area contributed by atoms with Crippen LogP contribution in [0.4, 0.5) is 11.6 Å². The molecule has 1 aromatic heterocycles. The van der Waals surface area contributed by atoms with Gasteiger partial charge in [-0.15, -0.1) is 0 Å². The van der Waals surface area contributed by atoms with E-state index in [1.165, 1.54) is 35.2 Å². The van der Waals surface area contributed by atoms with Crippen molar-refractivity contribution in [2.45, 2.75) is 45.6 Å². The molecule has 2 aliphatic heterocycles. The van der Waals surface area contributed by atoms with Crippen molar-refractivity contribution in [2.24, 2.45) is 0 Å². The molecule has 0 atom stereocenters. The minimum Gasteiger partial charge on any atom is -0.324 e. The molecule has 0 radical (unpaired) electrons. The lowest BCUT2D eigenvalue weighted by Gasteiger charge is -2.33. The van der Waals surface area contributed by atoms with E-state index in [9.17, 15) is 0 Å². The van der Waals surface area contributed by atoms with E-state index in [-0.39, 0.29) is 0 Å². The Morgan fingerprint density at radius 1 is 1.04 bits per heavy atom. The van der Waals surface area contributed by atoms with Gasteiger partial charge < -0.3 is 10.6 Å². The molecule has 1 saturated heterocycles. The highest BCUT2D eigenvalue weighted by Gasteiger charge is 2.24. The molecule has 0 spiro atoms. The third kappa shape index (κ3) is 4.05. The van der Waals surface area contributed by atoms with E-state index in [1.54, 1.807) is 0 Å². The summed E-state index contributed by atoms with van der Waals surface area (Å²) >= 11 is 0. The van der Waals surface area contributed by atoms with Crippen LogP contribution in [-0.2, 0) is 12.8 Å². The SMILES string of the molecule is Cc1cc(C)cc(Nc2ncc3c(n2)CCN(C2CCNCC2)CC3)c1. The molecular formula is C21H29N5. The average molecular weight is 351 g/mol. The van der Waals surface area contributed by atoms with Crippen molar-refractivity contribution in [1.29, 1.82) is 0 Å². The van der Waals surface area contributed by atoms with Crippen LogP contribution in [0.1, 0.15) is 35.2 Å². The van der Waals surface area contributed by atoms with Crippen molar-refractivity contribution in [3.8, 4) is 0 Å². The fourth-order valence-corrected chi connectivity index (χ4v) is 4.27. The molecule has 5 heteroatoms. The molecule has 0 bridgehead atoms. The fourth-order valence-electron chi connectivity index (χ4n) is 4.27. The number of piperidine rings is 1. The minimum absolute atomic E-state index is 0.712. The van der Waals surface area contributed by atoms with Crippen LogP contribution in [-0.4, -0.2) is 47.1 Å². The first-order valence-electron chi connectivity index (χ1n) is 9.82. The van der Waals surface area contributed by atoms with E-state index < -0.39 is 0 Å². The Kier molecular flexibility index (Phi) is 5.18. The molecule has 138 valence electrons. The van der Waals surface area contributed by atoms with E-state index in [0.717, 1.165) is 50.7 Å². The summed E-state index contributed by atoms with van der Waals surface area (Å²) in [7, 11) is 0. The molecule has 0 aliphatic carbocycles. The second kappa shape index (κ2) is 7.72. The van der Waals surface area contributed by atoms with Gasteiger partial charge in [0.05, 0.1) is 5.69 Å². The van der Waals surface area contributed by atoms with Gasteiger partial charge in [-0.25, -0.2) is 9.97 Å². The summed E-state index contributed by atoms with van der Waals surface area (Å²) in [6.07, 6.45) is 6.63. The molecule has 0 unspecified atom stereocenters. The van der Waals surface area contributed by atoms with Gasteiger partial charge in [0, 0.05) is 37.4 Å². The maximum atomic E-state index is 4.85. The highest BCUT2D eigenvalue weighted by Crippen LogP contribution is 2.22. The van der Waals surface area contributed by atoms with Crippen LogP contribution in [0.5, 0.6) is 0 Å². The first-order chi connectivity index (χ1) is 12.7. The molecule has 2 aromatic rings. The van der Waals surface area contributed by atoms with E-state index in [4.69, 9.17) is 4.98 Å². The van der Waals surface area contributed by atoms with Crippen LogP contribution in [0, 0.1) is 13.8 Å². The Morgan fingerprint density at radius 2 is 1.77 bits per heavy atom. The zero-order valence-corrected chi connectivity index (χ0v) is 15.9. The fraction of sp³-hybridized carbons (Fsp3) is 0.524. The van der Waals surface area contributed by atoms with Gasteiger partial charge in [0.1, 0.15) is 0 Å². The van der Waals surface area contributed by atoms with Crippen molar-refractivity contribution in [1.82, 2.24) is 20.2 Å². The quantitative estimate of drug-likeness (QED) is 0.890. The smallest absolute Gasteiger partial charge is 0.227 e. The van der Waals surface area contributed by atoms with E-state index in [1.807, 2.05) is 6.20 Å². The van der Waals surface area contributed by atoms with E-state index in [2.05, 4.69) is 52.6 Å². The predicted octanol–water partition coefficient (Wildman–Crippen LogP) is 2.99. The van der Waals surface area contributed by atoms with Crippen LogP contribution < -0.4 is 10.6 Å². The zero-order chi connectivity index (χ0) is 17.9. The first kappa shape index (κ1) is 17.4. The number of aromatic nitrogens is 2. The lowest BCUT2D eigenvalue weighted by molar-refractivity contribution is 0.169. The lowest BCUT2D eigenvalue weighted by Crippen LogP contribution is -2.44. The number of aryl methyl sites for hydroxylation is 2. The minimum atomic E-state index is 0.712. The van der Waals surface area contributed by atoms with Gasteiger partial charge in [0.2, 0.25) is 5.95 Å². The van der Waals surface area contributed by atoms with Crippen LogP contribution in [0.25, 0.3) is 0 Å². The van der Waals surface area contributed by atoms with Crippen LogP contribution in [0.3, 0.4) is 0 Å². The maximum Gasteiger partial charge on any atom is 0.227 e. The second-order valence-electron chi connectivity index (χ2n) is 7.68. The highest BCUT2D eigenvalue weighted by atomic mass is 15.2. The van der Waals surface area contributed by atoms with Crippen LogP contribution in [0.2, 0.25) is 0 Å². The molecule has 3 heterocycles. The Morgan fingerprint density at radius 3 is 2.54 bits per heavy atom. The summed E-state index contributed by atoms with van der Waals surface area (Å²) in [5.74, 6) is 0.712. The highest BCUT2D eigenvalue weighted by molar-refractivity contribution is 5.56. The van der Waals surface area contributed by atoms with Gasteiger partial charge in [-0.05, 0) is 75.0 Å². The topological polar surface area (TPSA) is 53.1 Å². The summed E-state index contributed by atoms with van der Waals surface area (Å²) in [6.45, 7) is 8.77. The van der Waals surface area contributed by atoms with E-state index in [0.29, 0.717) is 5.95 Å². The standard InChI is InChI=1S/C21H29N5/c1-15-11-16(2)13-18(12-15)24-21-23-14-17-5-9-26(10-6-20(17)25-21)19-3-7-22-8-4-19/h11-14,19,22H,3-10H2,1-2H3,(H,23,24,25). The Labute approximate surface area is 156 Å². The molecule has 0 amide bonds. The van der Waals surface area contributed by atoms with E-state index >= 15 is 0 Å². The molecule has 0 saturated carbocycles. The average Bonchev–Trinajstić information content (AvgIpc) is 2.84. The Balaban J connectivity index is 1.47. The predicted molar refractivity (Wildman–Crippen MR) is 106 cm³/mol. The molecule has 2 N–H and O–H groups in total. The summed E-state index contributed by atoms with van der Waals surface area (Å²) in [5, 5.41) is 6.85. The molecule has 1 aromatic carbocycles. The molecule has 4 rings (SSSR count). The molecular weight excluding hydrogens is 322 g/mol. The van der Waals surface area contributed by atoms with Gasteiger partial charge >= 0.3 is 0 Å². The van der Waals surface area contributed by atoms with Gasteiger partial charge in [-0.1, -0.05) is 6.07 Å². The van der Waals surface area contributed by atoms with Gasteiger partial charge in [0.25, 0.3) is 0 Å². The number of nitrogens with zero attached hydrogens (tertiary/aromatic N) is 3. The van der Waals surface area contributed by atoms with Crippen molar-refractivity contribution in [3.05, 3.63) is 46.8 Å². The maximum absolute atomic E-state index is 4.85. The number of nitrogens with one attached hydrogen (secondary N) is 2. The Bertz CT molecular complexity index is 747. The third-order valence-electron chi connectivity index (χ3n) is 5.56. The van der Waals surface area contributed by atoms with Crippen molar-refractivity contribution in [3.63, 3.8) is 0 Å². The number of anilines is 2. The molecule has 5 nitrogen and oxygen atoms in total. The molecule has 26 heavy (non-hydrogen) atoms. The normalized spacial score (nSPS) is 19.0. The first-order valence-corrected chi connectivity index (χ1v) is 9.82. The molecule has 2 aliphatic rings. The van der Waals surface area contributed by atoms with Crippen LogP contribution >= 0.6 is 0 Å². The van der Waals surface area contributed by atoms with Crippen molar-refractivity contribution in [2.75, 3.05) is 31.5 Å². The summed E-state index contributed by atoms with van der Waals surface area (Å²) in [4.78, 5) is 12.1. The summed E-state index contributed by atoms with van der Waals surface area (Å²) in [5.41, 5.74) is 6.09. The number of fused-ring (bicyclic) bond motifs is 1. The van der Waals surface area contributed by atoms with Gasteiger partial charge in [-0.3, -0.25) is 4.90 Å². The number of rotatable bonds is 3. The monoisotopic (exact) mass is 351 g/mol. The zero-order valence-electron chi connectivity index (χ0n) is 15.9. The van der Waals surface area contributed by atoms with Crippen molar-refractivity contribution < 1.29 is 0 Å². The number of benzene rings is 1. The lowest BCUT2D eigenvalue weighted by atomic mass is 10.0. The summed E-state index contributed by atoms with van der Waals surface area (Å²) < 4.78 is 0. The number of hydrogen-bond donors (Lipinski definition) is 2. The number of hydrogen-bond acceptors (Lipinski definition) is 5. The third-order valence-corrected chi connectivity index (χ3v) is 5.56. The second-order valence-corrected chi connectivity index (χ2v) is 7.68. The van der Waals surface area contributed by atoms with Crippen LogP contribution in [0.15, 0.2) is 24.4 Å². The van der Waals surface area contributed by atoms with Crippen molar-refractivity contribution >= 4 is 11.6 Å². The van der Waals surface area contributed by atoms with Gasteiger partial charge in [-0.2, -0.15) is 0 Å².